The van der Waals surface area contributed by atoms with Gasteiger partial charge in [-0.3, -0.25) is 4.79 Å². The lowest BCUT2D eigenvalue weighted by atomic mass is 9.85. The summed E-state index contributed by atoms with van der Waals surface area (Å²) in [6.07, 6.45) is 0.597. The Kier molecular flexibility index (Phi) is 3.88. The van der Waals surface area contributed by atoms with Crippen molar-refractivity contribution >= 4 is 17.3 Å². The lowest BCUT2D eigenvalue weighted by Gasteiger charge is -2.25. The van der Waals surface area contributed by atoms with E-state index in [1.165, 1.54) is 4.88 Å². The fraction of sp³-hybridized carbons (Fsp3) is 0.545. The van der Waals surface area contributed by atoms with Crippen molar-refractivity contribution in [3.05, 3.63) is 22.4 Å². The molecule has 1 aromatic rings. The first kappa shape index (κ1) is 12.2. The summed E-state index contributed by atoms with van der Waals surface area (Å²) in [5.41, 5.74) is -0.697. The predicted octanol–water partition coefficient (Wildman–Crippen LogP) is 2.51. The van der Waals surface area contributed by atoms with Gasteiger partial charge in [0.15, 0.2) is 0 Å². The zero-order valence-corrected chi connectivity index (χ0v) is 10.1. The number of carboxylic acid groups (broad SMARTS) is 1. The van der Waals surface area contributed by atoms with Gasteiger partial charge in [0.1, 0.15) is 0 Å². The fourth-order valence-corrected chi connectivity index (χ4v) is 2.27. The van der Waals surface area contributed by atoms with Crippen LogP contribution in [-0.2, 0) is 4.79 Å². The largest absolute Gasteiger partial charge is 0.481 e. The summed E-state index contributed by atoms with van der Waals surface area (Å²) in [6, 6.07) is 4.14. The molecule has 1 unspecified atom stereocenters. The number of carboxylic acids is 1. The fourth-order valence-electron chi connectivity index (χ4n) is 1.43. The van der Waals surface area contributed by atoms with Gasteiger partial charge < -0.3 is 10.4 Å². The molecular weight excluding hydrogens is 210 g/mol. The van der Waals surface area contributed by atoms with Crippen LogP contribution in [0.25, 0.3) is 0 Å². The van der Waals surface area contributed by atoms with Gasteiger partial charge in [-0.15, -0.1) is 11.3 Å². The van der Waals surface area contributed by atoms with E-state index in [0.717, 1.165) is 0 Å². The zero-order valence-electron chi connectivity index (χ0n) is 9.28. The van der Waals surface area contributed by atoms with E-state index in [1.807, 2.05) is 24.6 Å². The predicted molar refractivity (Wildman–Crippen MR) is 62.2 cm³/mol. The molecular formula is C11H17NO2S. The maximum atomic E-state index is 11.0. The highest BCUT2D eigenvalue weighted by Crippen LogP contribution is 2.31. The van der Waals surface area contributed by atoms with Crippen molar-refractivity contribution in [2.75, 3.05) is 7.05 Å². The highest BCUT2D eigenvalue weighted by atomic mass is 32.1. The highest BCUT2D eigenvalue weighted by molar-refractivity contribution is 7.10. The van der Waals surface area contributed by atoms with Crippen molar-refractivity contribution < 1.29 is 9.90 Å². The molecule has 0 saturated carbocycles. The normalized spacial score (nSPS) is 13.8. The van der Waals surface area contributed by atoms with Crippen molar-refractivity contribution in [1.82, 2.24) is 5.32 Å². The number of carbonyl (C=O) groups is 1. The van der Waals surface area contributed by atoms with E-state index in [9.17, 15) is 4.79 Å². The molecule has 84 valence electrons. The molecule has 0 radical (unpaired) electrons. The third-order valence-corrected chi connectivity index (χ3v) is 3.51. The van der Waals surface area contributed by atoms with Gasteiger partial charge in [-0.1, -0.05) is 6.07 Å². The molecule has 0 amide bonds. The minimum absolute atomic E-state index is 0.121. The Balaban J connectivity index is 2.74. The Morgan fingerprint density at radius 1 is 1.67 bits per heavy atom. The second-order valence-corrected chi connectivity index (χ2v) is 5.23. The topological polar surface area (TPSA) is 49.3 Å². The van der Waals surface area contributed by atoms with Crippen LogP contribution in [0, 0.1) is 5.41 Å². The van der Waals surface area contributed by atoms with Crippen molar-refractivity contribution in [2.24, 2.45) is 5.41 Å². The number of rotatable bonds is 5. The van der Waals surface area contributed by atoms with Crippen LogP contribution in [-0.4, -0.2) is 18.1 Å². The van der Waals surface area contributed by atoms with Crippen LogP contribution < -0.4 is 5.32 Å². The molecule has 3 nitrogen and oxygen atoms in total. The summed E-state index contributed by atoms with van der Waals surface area (Å²) in [4.78, 5) is 12.2. The molecule has 0 aromatic carbocycles. The SMILES string of the molecule is CNC(CC(C)(C)C(=O)O)c1cccs1. The second-order valence-electron chi connectivity index (χ2n) is 4.25. The lowest BCUT2D eigenvalue weighted by molar-refractivity contribution is -0.147. The Labute approximate surface area is 94.1 Å². The van der Waals surface area contributed by atoms with Gasteiger partial charge in [-0.05, 0) is 38.8 Å². The summed E-state index contributed by atoms with van der Waals surface area (Å²) in [6.45, 7) is 3.51. The van der Waals surface area contributed by atoms with Crippen LogP contribution in [0.1, 0.15) is 31.2 Å². The van der Waals surface area contributed by atoms with E-state index in [-0.39, 0.29) is 6.04 Å². The highest BCUT2D eigenvalue weighted by Gasteiger charge is 2.30. The molecule has 4 heteroatoms. The summed E-state index contributed by atoms with van der Waals surface area (Å²) >= 11 is 1.65. The average Bonchev–Trinajstić information content (AvgIpc) is 2.66. The Morgan fingerprint density at radius 3 is 2.73 bits per heavy atom. The molecule has 0 spiro atoms. The van der Waals surface area contributed by atoms with E-state index < -0.39 is 11.4 Å². The Morgan fingerprint density at radius 2 is 2.33 bits per heavy atom. The number of hydrogen-bond donors (Lipinski definition) is 2. The average molecular weight is 227 g/mol. The number of aliphatic carboxylic acids is 1. The zero-order chi connectivity index (χ0) is 11.5. The molecule has 0 saturated heterocycles. The molecule has 1 rings (SSSR count). The third kappa shape index (κ3) is 3.04. The molecule has 1 heterocycles. The summed E-state index contributed by atoms with van der Waals surface area (Å²) in [5, 5.41) is 14.2. The van der Waals surface area contributed by atoms with Crippen molar-refractivity contribution in [3.8, 4) is 0 Å². The van der Waals surface area contributed by atoms with Crippen LogP contribution in [0.2, 0.25) is 0 Å². The molecule has 2 N–H and O–H groups in total. The Hall–Kier alpha value is -0.870. The van der Waals surface area contributed by atoms with Gasteiger partial charge in [0.25, 0.3) is 0 Å². The molecule has 1 aromatic heterocycles. The Bertz CT molecular complexity index is 319. The van der Waals surface area contributed by atoms with Crippen LogP contribution in [0.3, 0.4) is 0 Å². The minimum atomic E-state index is -0.751. The smallest absolute Gasteiger partial charge is 0.309 e. The van der Waals surface area contributed by atoms with Gasteiger partial charge >= 0.3 is 5.97 Å². The van der Waals surface area contributed by atoms with Crippen molar-refractivity contribution in [3.63, 3.8) is 0 Å². The molecule has 1 atom stereocenters. The van der Waals surface area contributed by atoms with Crippen molar-refractivity contribution in [2.45, 2.75) is 26.3 Å². The second kappa shape index (κ2) is 4.77. The number of hydrogen-bond acceptors (Lipinski definition) is 3. The quantitative estimate of drug-likeness (QED) is 0.812. The van der Waals surface area contributed by atoms with Gasteiger partial charge in [0.05, 0.1) is 5.41 Å². The van der Waals surface area contributed by atoms with E-state index in [0.29, 0.717) is 6.42 Å². The maximum absolute atomic E-state index is 11.0. The van der Waals surface area contributed by atoms with Crippen LogP contribution >= 0.6 is 11.3 Å². The molecule has 0 aliphatic heterocycles. The molecule has 0 bridgehead atoms. The molecule has 0 aliphatic rings. The summed E-state index contributed by atoms with van der Waals surface area (Å²) in [5.74, 6) is -0.751. The lowest BCUT2D eigenvalue weighted by Crippen LogP contribution is -2.30. The van der Waals surface area contributed by atoms with Gasteiger partial charge in [-0.2, -0.15) is 0 Å². The molecule has 15 heavy (non-hydrogen) atoms. The van der Waals surface area contributed by atoms with Gasteiger partial charge in [0, 0.05) is 10.9 Å². The van der Waals surface area contributed by atoms with E-state index >= 15 is 0 Å². The first-order chi connectivity index (χ1) is 6.97. The first-order valence-electron chi connectivity index (χ1n) is 4.91. The maximum Gasteiger partial charge on any atom is 0.309 e. The van der Waals surface area contributed by atoms with Crippen molar-refractivity contribution in [1.29, 1.82) is 0 Å². The van der Waals surface area contributed by atoms with E-state index in [4.69, 9.17) is 5.11 Å². The molecule has 0 fully saturated rings. The van der Waals surface area contributed by atoms with Crippen LogP contribution in [0.4, 0.5) is 0 Å². The molecule has 0 aliphatic carbocycles. The van der Waals surface area contributed by atoms with Crippen LogP contribution in [0.5, 0.6) is 0 Å². The van der Waals surface area contributed by atoms with Gasteiger partial charge in [0.2, 0.25) is 0 Å². The van der Waals surface area contributed by atoms with E-state index in [2.05, 4.69) is 5.32 Å². The number of nitrogens with one attached hydrogen (secondary N) is 1. The van der Waals surface area contributed by atoms with Gasteiger partial charge in [-0.25, -0.2) is 0 Å². The first-order valence-corrected chi connectivity index (χ1v) is 5.79. The standard InChI is InChI=1S/C11H17NO2S/c1-11(2,10(13)14)7-8(12-3)9-5-4-6-15-9/h4-6,8,12H,7H2,1-3H3,(H,13,14). The van der Waals surface area contributed by atoms with E-state index in [1.54, 1.807) is 25.2 Å². The monoisotopic (exact) mass is 227 g/mol. The summed E-state index contributed by atoms with van der Waals surface area (Å²) < 4.78 is 0. The van der Waals surface area contributed by atoms with Crippen LogP contribution in [0.15, 0.2) is 17.5 Å². The summed E-state index contributed by atoms with van der Waals surface area (Å²) in [7, 11) is 1.86. The third-order valence-electron chi connectivity index (χ3n) is 2.53. The number of thiophene rings is 1. The minimum Gasteiger partial charge on any atom is -0.481 e.